The number of morpholine rings is 1. The first-order valence-corrected chi connectivity index (χ1v) is 8.07. The number of nitro groups is 1. The van der Waals surface area contributed by atoms with Crippen LogP contribution in [0.4, 0.5) is 11.4 Å². The zero-order chi connectivity index (χ0) is 17.1. The van der Waals surface area contributed by atoms with Gasteiger partial charge in [0, 0.05) is 37.5 Å². The van der Waals surface area contributed by atoms with E-state index in [0.717, 1.165) is 25.1 Å². The fourth-order valence-electron chi connectivity index (χ4n) is 3.32. The van der Waals surface area contributed by atoms with Crippen molar-refractivity contribution in [1.82, 2.24) is 4.90 Å². The van der Waals surface area contributed by atoms with E-state index >= 15 is 0 Å². The van der Waals surface area contributed by atoms with Gasteiger partial charge in [0.2, 0.25) is 5.91 Å². The predicted octanol–water partition coefficient (Wildman–Crippen LogP) is 1.43. The average molecular weight is 335 g/mol. The van der Waals surface area contributed by atoms with Crippen molar-refractivity contribution in [1.29, 1.82) is 0 Å². The maximum absolute atomic E-state index is 12.8. The zero-order valence-electron chi connectivity index (χ0n) is 13.6. The second kappa shape index (κ2) is 7.04. The number of nitro benzene ring substituents is 1. The second-order valence-electron chi connectivity index (χ2n) is 5.90. The molecule has 1 unspecified atom stereocenters. The molecule has 8 nitrogen and oxygen atoms in total. The summed E-state index contributed by atoms with van der Waals surface area (Å²) < 4.78 is 10.4. The molecule has 0 spiro atoms. The largest absolute Gasteiger partial charge is 0.490 e. The fourth-order valence-corrected chi connectivity index (χ4v) is 3.32. The van der Waals surface area contributed by atoms with Gasteiger partial charge in [0.15, 0.2) is 5.75 Å². The molecule has 24 heavy (non-hydrogen) atoms. The number of methoxy groups -OCH3 is 1. The first-order chi connectivity index (χ1) is 11.6. The van der Waals surface area contributed by atoms with Crippen LogP contribution in [0.1, 0.15) is 12.8 Å². The molecule has 0 radical (unpaired) electrons. The number of ether oxygens (including phenoxy) is 2. The lowest BCUT2D eigenvalue weighted by Gasteiger charge is -2.33. The van der Waals surface area contributed by atoms with Gasteiger partial charge in [0.25, 0.3) is 0 Å². The first kappa shape index (κ1) is 16.5. The summed E-state index contributed by atoms with van der Waals surface area (Å²) in [4.78, 5) is 27.2. The molecule has 1 aromatic carbocycles. The second-order valence-corrected chi connectivity index (χ2v) is 5.90. The number of amides is 1. The standard InChI is InChI=1S/C16H21N3O5/c1-23-15-11-12(4-5-13(15)19(21)22)18-6-2-3-14(18)16(20)17-7-9-24-10-8-17/h4-5,11,14H,2-3,6-10H2,1H3. The highest BCUT2D eigenvalue weighted by molar-refractivity contribution is 5.86. The Kier molecular flexibility index (Phi) is 4.84. The average Bonchev–Trinajstić information content (AvgIpc) is 3.10. The Labute approximate surface area is 140 Å². The van der Waals surface area contributed by atoms with Gasteiger partial charge in [0.05, 0.1) is 25.2 Å². The molecule has 130 valence electrons. The van der Waals surface area contributed by atoms with E-state index < -0.39 is 4.92 Å². The van der Waals surface area contributed by atoms with Gasteiger partial charge in [-0.2, -0.15) is 0 Å². The highest BCUT2D eigenvalue weighted by Gasteiger charge is 2.35. The minimum Gasteiger partial charge on any atom is -0.490 e. The van der Waals surface area contributed by atoms with E-state index in [4.69, 9.17) is 9.47 Å². The SMILES string of the molecule is COc1cc(N2CCCC2C(=O)N2CCOCC2)ccc1[N+](=O)[O-]. The Bertz CT molecular complexity index is 630. The Hall–Kier alpha value is -2.35. The molecular formula is C16H21N3O5. The minimum atomic E-state index is -0.469. The number of nitrogens with zero attached hydrogens (tertiary/aromatic N) is 3. The summed E-state index contributed by atoms with van der Waals surface area (Å²) in [5.74, 6) is 0.315. The van der Waals surface area contributed by atoms with Gasteiger partial charge in [-0.1, -0.05) is 0 Å². The van der Waals surface area contributed by atoms with Crippen molar-refractivity contribution in [2.75, 3.05) is 44.9 Å². The summed E-state index contributed by atoms with van der Waals surface area (Å²) in [7, 11) is 1.41. The summed E-state index contributed by atoms with van der Waals surface area (Å²) in [5.41, 5.74) is 0.707. The van der Waals surface area contributed by atoms with Crippen LogP contribution >= 0.6 is 0 Å². The third-order valence-electron chi connectivity index (χ3n) is 4.55. The Morgan fingerprint density at radius 2 is 2.08 bits per heavy atom. The van der Waals surface area contributed by atoms with Crippen molar-refractivity contribution in [3.05, 3.63) is 28.3 Å². The van der Waals surface area contributed by atoms with Crippen LogP contribution in [0.15, 0.2) is 18.2 Å². The molecule has 0 N–H and O–H groups in total. The highest BCUT2D eigenvalue weighted by atomic mass is 16.6. The smallest absolute Gasteiger partial charge is 0.311 e. The zero-order valence-corrected chi connectivity index (χ0v) is 13.6. The first-order valence-electron chi connectivity index (χ1n) is 8.07. The third kappa shape index (κ3) is 3.14. The van der Waals surface area contributed by atoms with Gasteiger partial charge in [-0.05, 0) is 18.9 Å². The number of hydrogen-bond donors (Lipinski definition) is 0. The molecule has 0 aromatic heterocycles. The molecule has 3 rings (SSSR count). The molecule has 1 amide bonds. The molecule has 1 atom stereocenters. The van der Waals surface area contributed by atoms with Crippen molar-refractivity contribution >= 4 is 17.3 Å². The molecule has 2 heterocycles. The Morgan fingerprint density at radius 3 is 2.75 bits per heavy atom. The molecular weight excluding hydrogens is 314 g/mol. The minimum absolute atomic E-state index is 0.0727. The van der Waals surface area contributed by atoms with E-state index in [9.17, 15) is 14.9 Å². The summed E-state index contributed by atoms with van der Waals surface area (Å²) in [5, 5.41) is 11.0. The maximum atomic E-state index is 12.8. The maximum Gasteiger partial charge on any atom is 0.311 e. The van der Waals surface area contributed by atoms with Crippen molar-refractivity contribution in [2.45, 2.75) is 18.9 Å². The summed E-state index contributed by atoms with van der Waals surface area (Å²) >= 11 is 0. The number of carbonyl (C=O) groups excluding carboxylic acids is 1. The van der Waals surface area contributed by atoms with Crippen LogP contribution in [0.5, 0.6) is 5.75 Å². The van der Waals surface area contributed by atoms with Crippen LogP contribution < -0.4 is 9.64 Å². The Morgan fingerprint density at radius 1 is 1.33 bits per heavy atom. The molecule has 2 saturated heterocycles. The topological polar surface area (TPSA) is 85.2 Å². The van der Waals surface area contributed by atoms with Crippen LogP contribution in [0, 0.1) is 10.1 Å². The molecule has 0 aliphatic carbocycles. The van der Waals surface area contributed by atoms with Gasteiger partial charge >= 0.3 is 5.69 Å². The molecule has 2 aliphatic heterocycles. The monoisotopic (exact) mass is 335 g/mol. The van der Waals surface area contributed by atoms with Crippen molar-refractivity contribution in [3.63, 3.8) is 0 Å². The number of rotatable bonds is 4. The third-order valence-corrected chi connectivity index (χ3v) is 4.55. The van der Waals surface area contributed by atoms with E-state index in [1.807, 2.05) is 9.80 Å². The lowest BCUT2D eigenvalue weighted by atomic mass is 10.1. The van der Waals surface area contributed by atoms with Crippen LogP contribution in [-0.2, 0) is 9.53 Å². The van der Waals surface area contributed by atoms with Crippen LogP contribution in [0.2, 0.25) is 0 Å². The van der Waals surface area contributed by atoms with E-state index in [-0.39, 0.29) is 23.4 Å². The lowest BCUT2D eigenvalue weighted by molar-refractivity contribution is -0.385. The number of carbonyl (C=O) groups is 1. The number of hydrogen-bond acceptors (Lipinski definition) is 6. The van der Waals surface area contributed by atoms with Gasteiger partial charge in [-0.15, -0.1) is 0 Å². The molecule has 0 saturated carbocycles. The van der Waals surface area contributed by atoms with E-state index in [1.165, 1.54) is 13.2 Å². The van der Waals surface area contributed by atoms with E-state index in [0.29, 0.717) is 26.3 Å². The lowest BCUT2D eigenvalue weighted by Crippen LogP contribution is -2.49. The molecule has 8 heteroatoms. The van der Waals surface area contributed by atoms with Gasteiger partial charge in [-0.25, -0.2) is 0 Å². The normalized spacial score (nSPS) is 21.0. The van der Waals surface area contributed by atoms with Gasteiger partial charge in [0.1, 0.15) is 6.04 Å². The number of anilines is 1. The van der Waals surface area contributed by atoms with Crippen molar-refractivity contribution in [3.8, 4) is 5.75 Å². The molecule has 0 bridgehead atoms. The van der Waals surface area contributed by atoms with Gasteiger partial charge < -0.3 is 19.3 Å². The van der Waals surface area contributed by atoms with Crippen LogP contribution in [0.3, 0.4) is 0 Å². The highest BCUT2D eigenvalue weighted by Crippen LogP contribution is 2.34. The Balaban J connectivity index is 1.82. The van der Waals surface area contributed by atoms with Crippen LogP contribution in [0.25, 0.3) is 0 Å². The summed E-state index contributed by atoms with van der Waals surface area (Å²) in [6, 6.07) is 4.53. The number of benzene rings is 1. The van der Waals surface area contributed by atoms with Gasteiger partial charge in [-0.3, -0.25) is 14.9 Å². The van der Waals surface area contributed by atoms with Crippen LogP contribution in [-0.4, -0.2) is 61.7 Å². The van der Waals surface area contributed by atoms with Crippen molar-refractivity contribution < 1.29 is 19.2 Å². The molecule has 2 aliphatic rings. The fraction of sp³-hybridized carbons (Fsp3) is 0.562. The molecule has 1 aromatic rings. The summed E-state index contributed by atoms with van der Waals surface area (Å²) in [6.07, 6.45) is 1.70. The quantitative estimate of drug-likeness (QED) is 0.611. The summed E-state index contributed by atoms with van der Waals surface area (Å²) in [6.45, 7) is 3.13. The predicted molar refractivity (Wildman–Crippen MR) is 87.4 cm³/mol. The van der Waals surface area contributed by atoms with Crippen molar-refractivity contribution in [2.24, 2.45) is 0 Å². The molecule has 2 fully saturated rings. The van der Waals surface area contributed by atoms with E-state index in [1.54, 1.807) is 12.1 Å². The van der Waals surface area contributed by atoms with E-state index in [2.05, 4.69) is 0 Å².